The highest BCUT2D eigenvalue weighted by molar-refractivity contribution is 5.94. The van der Waals surface area contributed by atoms with Gasteiger partial charge in [-0.3, -0.25) is 14.7 Å². The van der Waals surface area contributed by atoms with E-state index in [4.69, 9.17) is 0 Å². The summed E-state index contributed by atoms with van der Waals surface area (Å²) < 4.78 is 0. The summed E-state index contributed by atoms with van der Waals surface area (Å²) in [6.45, 7) is 12.3. The van der Waals surface area contributed by atoms with Gasteiger partial charge >= 0.3 is 0 Å². The normalized spacial score (nSPS) is 11.9. The lowest BCUT2D eigenvalue weighted by molar-refractivity contribution is 0.0953. The van der Waals surface area contributed by atoms with Gasteiger partial charge in [0.05, 0.1) is 0 Å². The van der Waals surface area contributed by atoms with E-state index in [2.05, 4.69) is 53.5 Å². The van der Waals surface area contributed by atoms with Crippen molar-refractivity contribution in [2.75, 3.05) is 33.2 Å². The minimum atomic E-state index is -0.0297. The molecule has 1 amide bonds. The van der Waals surface area contributed by atoms with Crippen molar-refractivity contribution in [3.05, 3.63) is 35.9 Å². The van der Waals surface area contributed by atoms with Crippen molar-refractivity contribution in [1.82, 2.24) is 20.9 Å². The van der Waals surface area contributed by atoms with E-state index in [0.29, 0.717) is 24.2 Å². The maximum absolute atomic E-state index is 12.0. The van der Waals surface area contributed by atoms with Crippen LogP contribution in [-0.4, -0.2) is 62.1 Å². The largest absolute Gasteiger partial charge is 0.356 e. The first-order chi connectivity index (χ1) is 13.0. The van der Waals surface area contributed by atoms with Crippen molar-refractivity contribution in [3.63, 3.8) is 0 Å². The molecule has 0 spiro atoms. The predicted octanol–water partition coefficient (Wildman–Crippen LogP) is 2.48. The second kappa shape index (κ2) is 13.1. The standard InChI is InChI=1S/C21H37N5O/c1-17(2)26(18(3)4)16-10-15-25-21(22-5)24-14-9-13-23-20(27)19-11-7-6-8-12-19/h6-8,11-12,17-18H,9-10,13-16H2,1-5H3,(H,23,27)(H2,22,24,25). The molecule has 1 aromatic carbocycles. The number of amides is 1. The maximum Gasteiger partial charge on any atom is 0.251 e. The molecule has 0 aromatic heterocycles. The molecule has 152 valence electrons. The first-order valence-corrected chi connectivity index (χ1v) is 9.99. The van der Waals surface area contributed by atoms with Crippen molar-refractivity contribution in [2.24, 2.45) is 4.99 Å². The summed E-state index contributed by atoms with van der Waals surface area (Å²) in [6.07, 6.45) is 1.91. The Morgan fingerprint density at radius 3 is 2.04 bits per heavy atom. The average Bonchev–Trinajstić information content (AvgIpc) is 2.65. The lowest BCUT2D eigenvalue weighted by Crippen LogP contribution is -2.41. The molecule has 1 rings (SSSR count). The molecule has 3 N–H and O–H groups in total. The number of guanidine groups is 1. The summed E-state index contributed by atoms with van der Waals surface area (Å²) in [5, 5.41) is 9.58. The Bertz CT molecular complexity index is 549. The fourth-order valence-corrected chi connectivity index (χ4v) is 2.99. The Morgan fingerprint density at radius 1 is 0.926 bits per heavy atom. The Hall–Kier alpha value is -2.08. The first-order valence-electron chi connectivity index (χ1n) is 9.99. The van der Waals surface area contributed by atoms with E-state index < -0.39 is 0 Å². The van der Waals surface area contributed by atoms with Crippen LogP contribution in [0.1, 0.15) is 50.9 Å². The maximum atomic E-state index is 12.0. The molecule has 0 aliphatic heterocycles. The summed E-state index contributed by atoms with van der Waals surface area (Å²) in [7, 11) is 1.78. The van der Waals surface area contributed by atoms with Crippen LogP contribution in [0.15, 0.2) is 35.3 Å². The van der Waals surface area contributed by atoms with Crippen LogP contribution in [0, 0.1) is 0 Å². The number of carbonyl (C=O) groups is 1. The summed E-state index contributed by atoms with van der Waals surface area (Å²) in [5.74, 6) is 0.781. The van der Waals surface area contributed by atoms with Crippen LogP contribution in [-0.2, 0) is 0 Å². The third kappa shape index (κ3) is 9.43. The number of aliphatic imine (C=N–C) groups is 1. The molecule has 0 radical (unpaired) electrons. The topological polar surface area (TPSA) is 68.8 Å². The smallest absolute Gasteiger partial charge is 0.251 e. The number of hydrogen-bond donors (Lipinski definition) is 3. The van der Waals surface area contributed by atoms with E-state index in [0.717, 1.165) is 38.4 Å². The van der Waals surface area contributed by atoms with Crippen molar-refractivity contribution in [1.29, 1.82) is 0 Å². The minimum absolute atomic E-state index is 0.0297. The summed E-state index contributed by atoms with van der Waals surface area (Å²) >= 11 is 0. The van der Waals surface area contributed by atoms with E-state index >= 15 is 0 Å². The third-order valence-corrected chi connectivity index (χ3v) is 4.40. The van der Waals surface area contributed by atoms with Crippen LogP contribution in [0.2, 0.25) is 0 Å². The second-order valence-corrected chi connectivity index (χ2v) is 7.18. The van der Waals surface area contributed by atoms with Gasteiger partial charge in [0, 0.05) is 50.9 Å². The van der Waals surface area contributed by atoms with Gasteiger partial charge in [0.15, 0.2) is 5.96 Å². The Kier molecular flexibility index (Phi) is 11.2. The highest BCUT2D eigenvalue weighted by Crippen LogP contribution is 2.05. The molecule has 0 unspecified atom stereocenters. The first kappa shape index (κ1) is 23.0. The molecule has 0 bridgehead atoms. The van der Waals surface area contributed by atoms with Gasteiger partial charge in [0.2, 0.25) is 0 Å². The summed E-state index contributed by atoms with van der Waals surface area (Å²) in [4.78, 5) is 18.7. The Morgan fingerprint density at radius 2 is 1.48 bits per heavy atom. The molecule has 0 atom stereocenters. The number of nitrogens with one attached hydrogen (secondary N) is 3. The lowest BCUT2D eigenvalue weighted by Gasteiger charge is -2.30. The van der Waals surface area contributed by atoms with Gasteiger partial charge < -0.3 is 16.0 Å². The van der Waals surface area contributed by atoms with Crippen molar-refractivity contribution >= 4 is 11.9 Å². The van der Waals surface area contributed by atoms with Crippen LogP contribution in [0.3, 0.4) is 0 Å². The van der Waals surface area contributed by atoms with E-state index in [-0.39, 0.29) is 5.91 Å². The predicted molar refractivity (Wildman–Crippen MR) is 114 cm³/mol. The second-order valence-electron chi connectivity index (χ2n) is 7.18. The fraction of sp³-hybridized carbons (Fsp3) is 0.619. The number of nitrogens with zero attached hydrogens (tertiary/aromatic N) is 2. The number of carbonyl (C=O) groups excluding carboxylic acids is 1. The lowest BCUT2D eigenvalue weighted by atomic mass is 10.2. The fourth-order valence-electron chi connectivity index (χ4n) is 2.99. The van der Waals surface area contributed by atoms with Gasteiger partial charge in [-0.1, -0.05) is 18.2 Å². The molecule has 0 aliphatic carbocycles. The zero-order chi connectivity index (χ0) is 20.1. The highest BCUT2D eigenvalue weighted by Gasteiger charge is 2.12. The molecule has 6 nitrogen and oxygen atoms in total. The molecule has 0 saturated heterocycles. The number of benzene rings is 1. The zero-order valence-electron chi connectivity index (χ0n) is 17.6. The SMILES string of the molecule is CN=C(NCCCNC(=O)c1ccccc1)NCCCN(C(C)C)C(C)C. The molecule has 27 heavy (non-hydrogen) atoms. The Balaban J connectivity index is 2.15. The van der Waals surface area contributed by atoms with E-state index in [1.165, 1.54) is 0 Å². The van der Waals surface area contributed by atoms with Gasteiger partial charge in [0.25, 0.3) is 5.91 Å². The monoisotopic (exact) mass is 375 g/mol. The number of rotatable bonds is 11. The van der Waals surface area contributed by atoms with Crippen molar-refractivity contribution in [2.45, 2.75) is 52.6 Å². The van der Waals surface area contributed by atoms with Crippen molar-refractivity contribution in [3.8, 4) is 0 Å². The molecular weight excluding hydrogens is 338 g/mol. The van der Waals surface area contributed by atoms with Crippen LogP contribution < -0.4 is 16.0 Å². The van der Waals surface area contributed by atoms with Crippen molar-refractivity contribution < 1.29 is 4.79 Å². The van der Waals surface area contributed by atoms with Crippen LogP contribution in [0.4, 0.5) is 0 Å². The van der Waals surface area contributed by atoms with E-state index in [1.54, 1.807) is 7.05 Å². The van der Waals surface area contributed by atoms with Crippen LogP contribution in [0.5, 0.6) is 0 Å². The molecule has 0 saturated carbocycles. The highest BCUT2D eigenvalue weighted by atomic mass is 16.1. The van der Waals surface area contributed by atoms with Gasteiger partial charge in [-0.05, 0) is 52.7 Å². The molecule has 0 heterocycles. The van der Waals surface area contributed by atoms with Gasteiger partial charge in [-0.25, -0.2) is 0 Å². The summed E-state index contributed by atoms with van der Waals surface area (Å²) in [6, 6.07) is 10.4. The quantitative estimate of drug-likeness (QED) is 0.316. The average molecular weight is 376 g/mol. The number of hydrogen-bond acceptors (Lipinski definition) is 3. The minimum Gasteiger partial charge on any atom is -0.356 e. The molecular formula is C21H37N5O. The zero-order valence-corrected chi connectivity index (χ0v) is 17.6. The molecule has 1 aromatic rings. The molecule has 0 aliphatic rings. The van der Waals surface area contributed by atoms with Crippen LogP contribution in [0.25, 0.3) is 0 Å². The summed E-state index contributed by atoms with van der Waals surface area (Å²) in [5.41, 5.74) is 0.694. The molecule has 6 heteroatoms. The molecule has 0 fully saturated rings. The van der Waals surface area contributed by atoms with E-state index in [1.807, 2.05) is 30.3 Å². The van der Waals surface area contributed by atoms with Gasteiger partial charge in [0.1, 0.15) is 0 Å². The van der Waals surface area contributed by atoms with Gasteiger partial charge in [-0.15, -0.1) is 0 Å². The van der Waals surface area contributed by atoms with Crippen LogP contribution >= 0.6 is 0 Å². The van der Waals surface area contributed by atoms with Gasteiger partial charge in [-0.2, -0.15) is 0 Å². The third-order valence-electron chi connectivity index (χ3n) is 4.40. The van der Waals surface area contributed by atoms with E-state index in [9.17, 15) is 4.79 Å². The Labute approximate surface area is 164 Å².